The molecular formula is C20H26ClNO3. The average Bonchev–Trinajstić information content (AvgIpc) is 2.62. The maximum absolute atomic E-state index is 5.81. The Hall–Kier alpha value is -1.91. The maximum Gasteiger partial charge on any atom is 0.161 e. The van der Waals surface area contributed by atoms with Crippen molar-refractivity contribution < 1.29 is 14.2 Å². The molecule has 3 rings (SSSR count). The first kappa shape index (κ1) is 19.4. The van der Waals surface area contributed by atoms with E-state index < -0.39 is 0 Å². The van der Waals surface area contributed by atoms with E-state index in [-0.39, 0.29) is 18.4 Å². The first-order valence-corrected chi connectivity index (χ1v) is 8.57. The van der Waals surface area contributed by atoms with Gasteiger partial charge in [-0.3, -0.25) is 0 Å². The largest absolute Gasteiger partial charge is 0.496 e. The first-order valence-electron chi connectivity index (χ1n) is 8.57. The van der Waals surface area contributed by atoms with E-state index in [0.29, 0.717) is 13.2 Å². The van der Waals surface area contributed by atoms with Gasteiger partial charge in [-0.1, -0.05) is 18.2 Å². The summed E-state index contributed by atoms with van der Waals surface area (Å²) in [7, 11) is 1.71. The third-order valence-corrected chi connectivity index (χ3v) is 4.31. The van der Waals surface area contributed by atoms with E-state index in [2.05, 4.69) is 23.5 Å². The molecule has 1 N–H and O–H groups in total. The van der Waals surface area contributed by atoms with Crippen molar-refractivity contribution in [2.24, 2.45) is 0 Å². The summed E-state index contributed by atoms with van der Waals surface area (Å²) in [6.07, 6.45) is 0.980. The number of para-hydroxylation sites is 1. The summed E-state index contributed by atoms with van der Waals surface area (Å²) in [5.41, 5.74) is 3.68. The Morgan fingerprint density at radius 3 is 2.32 bits per heavy atom. The Morgan fingerprint density at radius 2 is 1.64 bits per heavy atom. The molecule has 0 spiro atoms. The predicted octanol–water partition coefficient (Wildman–Crippen LogP) is 4.15. The normalized spacial score (nSPS) is 15.7. The van der Waals surface area contributed by atoms with Crippen LogP contribution in [0.15, 0.2) is 36.4 Å². The van der Waals surface area contributed by atoms with Crippen molar-refractivity contribution in [2.75, 3.05) is 26.9 Å². The zero-order chi connectivity index (χ0) is 16.9. The number of nitrogens with one attached hydrogen (secondary N) is 1. The minimum Gasteiger partial charge on any atom is -0.496 e. The molecule has 2 aromatic carbocycles. The van der Waals surface area contributed by atoms with Gasteiger partial charge in [-0.2, -0.15) is 0 Å². The number of hydrogen-bond acceptors (Lipinski definition) is 4. The molecule has 0 bridgehead atoms. The summed E-state index contributed by atoms with van der Waals surface area (Å²) in [6.45, 7) is 6.16. The van der Waals surface area contributed by atoms with Gasteiger partial charge in [0, 0.05) is 12.1 Å². The number of fused-ring (bicyclic) bond motifs is 1. The number of halogens is 1. The van der Waals surface area contributed by atoms with Crippen molar-refractivity contribution in [2.45, 2.75) is 26.3 Å². The summed E-state index contributed by atoms with van der Waals surface area (Å²) in [6, 6.07) is 12.5. The van der Waals surface area contributed by atoms with Gasteiger partial charge in [-0.05, 0) is 49.6 Å². The highest BCUT2D eigenvalue weighted by molar-refractivity contribution is 5.85. The fourth-order valence-corrected chi connectivity index (χ4v) is 3.28. The van der Waals surface area contributed by atoms with Crippen LogP contribution in [0.25, 0.3) is 0 Å². The highest BCUT2D eigenvalue weighted by atomic mass is 35.5. The van der Waals surface area contributed by atoms with Gasteiger partial charge in [0.25, 0.3) is 0 Å². The lowest BCUT2D eigenvalue weighted by molar-refractivity contribution is 0.286. The molecule has 0 saturated carbocycles. The second-order valence-electron chi connectivity index (χ2n) is 5.74. The van der Waals surface area contributed by atoms with Crippen LogP contribution in [0.1, 0.15) is 36.6 Å². The van der Waals surface area contributed by atoms with E-state index in [0.717, 1.165) is 35.8 Å². The van der Waals surface area contributed by atoms with Crippen LogP contribution >= 0.6 is 12.4 Å². The Kier molecular flexibility index (Phi) is 6.97. The molecule has 0 amide bonds. The van der Waals surface area contributed by atoms with Gasteiger partial charge in [0.15, 0.2) is 11.5 Å². The minimum atomic E-state index is 0. The highest BCUT2D eigenvalue weighted by Gasteiger charge is 2.26. The van der Waals surface area contributed by atoms with E-state index in [1.807, 2.05) is 32.0 Å². The van der Waals surface area contributed by atoms with Crippen LogP contribution in [0.5, 0.6) is 17.2 Å². The summed E-state index contributed by atoms with van der Waals surface area (Å²) in [5, 5.41) is 3.61. The molecule has 0 aromatic heterocycles. The molecule has 0 fully saturated rings. The highest BCUT2D eigenvalue weighted by Crippen LogP contribution is 2.39. The van der Waals surface area contributed by atoms with Crippen molar-refractivity contribution in [1.82, 2.24) is 5.32 Å². The van der Waals surface area contributed by atoms with Crippen molar-refractivity contribution >= 4 is 12.4 Å². The van der Waals surface area contributed by atoms with Crippen LogP contribution in [0.4, 0.5) is 0 Å². The second-order valence-corrected chi connectivity index (χ2v) is 5.74. The zero-order valence-electron chi connectivity index (χ0n) is 15.0. The Bertz CT molecular complexity index is 705. The smallest absolute Gasteiger partial charge is 0.161 e. The number of hydrogen-bond donors (Lipinski definition) is 1. The molecular weight excluding hydrogens is 338 g/mol. The van der Waals surface area contributed by atoms with Crippen LogP contribution in [0.2, 0.25) is 0 Å². The van der Waals surface area contributed by atoms with E-state index in [4.69, 9.17) is 14.2 Å². The Balaban J connectivity index is 0.00000225. The molecule has 136 valence electrons. The Morgan fingerprint density at radius 1 is 0.960 bits per heavy atom. The SMILES string of the molecule is CCOc1cc2c(cc1OCC)C(c1ccccc1OC)NCC2.Cl. The van der Waals surface area contributed by atoms with Gasteiger partial charge in [0.05, 0.1) is 26.4 Å². The van der Waals surface area contributed by atoms with Gasteiger partial charge < -0.3 is 19.5 Å². The van der Waals surface area contributed by atoms with Gasteiger partial charge in [0.1, 0.15) is 5.75 Å². The molecule has 2 aromatic rings. The van der Waals surface area contributed by atoms with Crippen LogP contribution < -0.4 is 19.5 Å². The maximum atomic E-state index is 5.81. The topological polar surface area (TPSA) is 39.7 Å². The van der Waals surface area contributed by atoms with E-state index >= 15 is 0 Å². The fraction of sp³-hybridized carbons (Fsp3) is 0.400. The van der Waals surface area contributed by atoms with Crippen LogP contribution in [0.3, 0.4) is 0 Å². The average molecular weight is 364 g/mol. The van der Waals surface area contributed by atoms with E-state index in [1.54, 1.807) is 7.11 Å². The molecule has 0 radical (unpaired) electrons. The molecule has 25 heavy (non-hydrogen) atoms. The molecule has 1 unspecified atom stereocenters. The van der Waals surface area contributed by atoms with Crippen LogP contribution in [-0.4, -0.2) is 26.9 Å². The van der Waals surface area contributed by atoms with Crippen LogP contribution in [0, 0.1) is 0 Å². The van der Waals surface area contributed by atoms with Gasteiger partial charge in [0.2, 0.25) is 0 Å². The van der Waals surface area contributed by atoms with Gasteiger partial charge in [-0.25, -0.2) is 0 Å². The summed E-state index contributed by atoms with van der Waals surface area (Å²) in [5.74, 6) is 2.54. The lowest BCUT2D eigenvalue weighted by atomic mass is 9.89. The summed E-state index contributed by atoms with van der Waals surface area (Å²) in [4.78, 5) is 0. The van der Waals surface area contributed by atoms with Crippen molar-refractivity contribution in [3.63, 3.8) is 0 Å². The van der Waals surface area contributed by atoms with Crippen molar-refractivity contribution in [1.29, 1.82) is 0 Å². The zero-order valence-corrected chi connectivity index (χ0v) is 15.8. The van der Waals surface area contributed by atoms with Crippen LogP contribution in [-0.2, 0) is 6.42 Å². The number of rotatable bonds is 6. The molecule has 1 atom stereocenters. The molecule has 0 saturated heterocycles. The molecule has 0 aliphatic carbocycles. The molecule has 5 heteroatoms. The number of benzene rings is 2. The summed E-state index contributed by atoms with van der Waals surface area (Å²) < 4.78 is 17.1. The lowest BCUT2D eigenvalue weighted by Crippen LogP contribution is -2.31. The molecule has 4 nitrogen and oxygen atoms in total. The predicted molar refractivity (Wildman–Crippen MR) is 103 cm³/mol. The fourth-order valence-electron chi connectivity index (χ4n) is 3.28. The molecule has 1 heterocycles. The Labute approximate surface area is 155 Å². The molecule has 1 aliphatic rings. The van der Waals surface area contributed by atoms with Crippen molar-refractivity contribution in [3.8, 4) is 17.2 Å². The standard InChI is InChI=1S/C20H25NO3.ClH/c1-4-23-18-12-14-10-11-21-20(16(14)13-19(18)24-5-2)15-8-6-7-9-17(15)22-3;/h6-9,12-13,20-21H,4-5,10-11H2,1-3H3;1H. The monoisotopic (exact) mass is 363 g/mol. The van der Waals surface area contributed by atoms with Gasteiger partial charge >= 0.3 is 0 Å². The third kappa shape index (κ3) is 4.02. The molecule has 1 aliphatic heterocycles. The third-order valence-electron chi connectivity index (χ3n) is 4.31. The number of ether oxygens (including phenoxy) is 3. The quantitative estimate of drug-likeness (QED) is 0.836. The summed E-state index contributed by atoms with van der Waals surface area (Å²) >= 11 is 0. The number of methoxy groups -OCH3 is 1. The minimum absolute atomic E-state index is 0. The van der Waals surface area contributed by atoms with E-state index in [1.165, 1.54) is 11.1 Å². The first-order chi connectivity index (χ1) is 11.8. The van der Waals surface area contributed by atoms with E-state index in [9.17, 15) is 0 Å². The van der Waals surface area contributed by atoms with Gasteiger partial charge in [-0.15, -0.1) is 12.4 Å². The second kappa shape index (κ2) is 8.97. The van der Waals surface area contributed by atoms with Crippen molar-refractivity contribution in [3.05, 3.63) is 53.1 Å². The lowest BCUT2D eigenvalue weighted by Gasteiger charge is -2.29.